The van der Waals surface area contributed by atoms with Crippen LogP contribution in [0.1, 0.15) is 27.2 Å². The minimum Gasteiger partial charge on any atom is -0.488 e. The average Bonchev–Trinajstić information content (AvgIpc) is 2.14. The first kappa shape index (κ1) is 14.6. The molecule has 0 aliphatic carbocycles. The Morgan fingerprint density at radius 2 is 2.12 bits per heavy atom. The molecular formula is C12H18Cl2N2O. The maximum atomic E-state index is 6.13. The van der Waals surface area contributed by atoms with Crippen molar-refractivity contribution in [1.82, 2.24) is 4.98 Å². The van der Waals surface area contributed by atoms with Gasteiger partial charge in [0, 0.05) is 5.54 Å². The molecule has 0 unspecified atom stereocenters. The molecule has 5 heteroatoms. The van der Waals surface area contributed by atoms with Crippen LogP contribution in [0.2, 0.25) is 10.2 Å². The van der Waals surface area contributed by atoms with Crippen LogP contribution in [-0.4, -0.2) is 17.1 Å². The Balaban J connectivity index is 2.61. The topological polar surface area (TPSA) is 48.1 Å². The van der Waals surface area contributed by atoms with Gasteiger partial charge in [0.05, 0.1) is 11.2 Å². The molecule has 0 radical (unpaired) electrons. The van der Waals surface area contributed by atoms with Crippen LogP contribution in [0, 0.1) is 5.92 Å². The molecular weight excluding hydrogens is 259 g/mol. The quantitative estimate of drug-likeness (QED) is 0.837. The molecule has 0 amide bonds. The normalized spacial score (nSPS) is 14.8. The van der Waals surface area contributed by atoms with Gasteiger partial charge in [-0.1, -0.05) is 37.0 Å². The van der Waals surface area contributed by atoms with Gasteiger partial charge in [-0.2, -0.15) is 0 Å². The molecule has 0 aromatic carbocycles. The summed E-state index contributed by atoms with van der Waals surface area (Å²) < 4.78 is 5.58. The first-order valence-corrected chi connectivity index (χ1v) is 6.28. The van der Waals surface area contributed by atoms with E-state index in [1.165, 1.54) is 6.20 Å². The van der Waals surface area contributed by atoms with Gasteiger partial charge >= 0.3 is 0 Å². The van der Waals surface area contributed by atoms with Crippen LogP contribution in [0.4, 0.5) is 0 Å². The fraction of sp³-hybridized carbons (Fsp3) is 0.583. The smallest absolute Gasteiger partial charge is 0.156 e. The van der Waals surface area contributed by atoms with Crippen LogP contribution < -0.4 is 10.5 Å². The van der Waals surface area contributed by atoms with Crippen molar-refractivity contribution >= 4 is 23.2 Å². The average molecular weight is 277 g/mol. The Morgan fingerprint density at radius 3 is 2.65 bits per heavy atom. The van der Waals surface area contributed by atoms with E-state index in [1.807, 2.05) is 6.92 Å². The van der Waals surface area contributed by atoms with E-state index in [1.54, 1.807) is 6.07 Å². The second kappa shape index (κ2) is 5.89. The Bertz CT molecular complexity index is 381. The van der Waals surface area contributed by atoms with Crippen molar-refractivity contribution in [2.24, 2.45) is 11.7 Å². The Hall–Kier alpha value is -0.510. The maximum Gasteiger partial charge on any atom is 0.156 e. The molecule has 1 atom stereocenters. The van der Waals surface area contributed by atoms with E-state index in [4.69, 9.17) is 33.7 Å². The highest BCUT2D eigenvalue weighted by atomic mass is 35.5. The number of aromatic nitrogens is 1. The van der Waals surface area contributed by atoms with Crippen molar-refractivity contribution in [3.8, 4) is 5.75 Å². The highest BCUT2D eigenvalue weighted by Gasteiger charge is 2.21. The summed E-state index contributed by atoms with van der Waals surface area (Å²) >= 11 is 11.7. The van der Waals surface area contributed by atoms with Crippen molar-refractivity contribution in [3.05, 3.63) is 22.4 Å². The zero-order valence-electron chi connectivity index (χ0n) is 10.3. The molecule has 17 heavy (non-hydrogen) atoms. The lowest BCUT2D eigenvalue weighted by molar-refractivity contribution is 0.206. The Labute approximate surface area is 112 Å². The van der Waals surface area contributed by atoms with Gasteiger partial charge < -0.3 is 10.5 Å². The molecule has 0 aliphatic heterocycles. The SMILES string of the molecule is CC(C)C[C@](C)(N)COc1cnc(Cl)cc1Cl. The number of rotatable bonds is 5. The highest BCUT2D eigenvalue weighted by molar-refractivity contribution is 6.34. The first-order valence-electron chi connectivity index (χ1n) is 5.53. The Morgan fingerprint density at radius 1 is 1.47 bits per heavy atom. The molecule has 0 spiro atoms. The molecule has 1 aromatic rings. The van der Waals surface area contributed by atoms with E-state index in [0.29, 0.717) is 28.5 Å². The monoisotopic (exact) mass is 276 g/mol. The molecule has 3 nitrogen and oxygen atoms in total. The third-order valence-corrected chi connectivity index (χ3v) is 2.72. The summed E-state index contributed by atoms with van der Waals surface area (Å²) in [5, 5.41) is 0.797. The molecule has 0 aliphatic rings. The minimum absolute atomic E-state index is 0.347. The van der Waals surface area contributed by atoms with Crippen LogP contribution in [-0.2, 0) is 0 Å². The fourth-order valence-corrected chi connectivity index (χ4v) is 2.16. The van der Waals surface area contributed by atoms with Crippen molar-refractivity contribution in [2.45, 2.75) is 32.7 Å². The zero-order chi connectivity index (χ0) is 13.1. The standard InChI is InChI=1S/C12H18Cl2N2O/c1-8(2)5-12(3,15)7-17-10-6-16-11(14)4-9(10)13/h4,6,8H,5,7,15H2,1-3H3/t12-/m0/s1. The van der Waals surface area contributed by atoms with Gasteiger partial charge in [-0.15, -0.1) is 0 Å². The van der Waals surface area contributed by atoms with E-state index in [-0.39, 0.29) is 5.54 Å². The summed E-state index contributed by atoms with van der Waals surface area (Å²) in [6, 6.07) is 1.55. The van der Waals surface area contributed by atoms with Gasteiger partial charge in [0.15, 0.2) is 5.75 Å². The van der Waals surface area contributed by atoms with Gasteiger partial charge in [-0.25, -0.2) is 4.98 Å². The lowest BCUT2D eigenvalue weighted by Gasteiger charge is -2.26. The summed E-state index contributed by atoms with van der Waals surface area (Å²) in [4.78, 5) is 3.92. The van der Waals surface area contributed by atoms with Gasteiger partial charge in [0.2, 0.25) is 0 Å². The number of hydrogen-bond acceptors (Lipinski definition) is 3. The summed E-state index contributed by atoms with van der Waals surface area (Å²) in [7, 11) is 0. The number of pyridine rings is 1. The van der Waals surface area contributed by atoms with E-state index in [2.05, 4.69) is 18.8 Å². The number of nitrogens with zero attached hydrogens (tertiary/aromatic N) is 1. The Kier molecular flexibility index (Phi) is 5.04. The van der Waals surface area contributed by atoms with Crippen LogP contribution in [0.25, 0.3) is 0 Å². The lowest BCUT2D eigenvalue weighted by atomic mass is 9.93. The molecule has 1 heterocycles. The van der Waals surface area contributed by atoms with Crippen LogP contribution in [0.5, 0.6) is 5.75 Å². The largest absolute Gasteiger partial charge is 0.488 e. The van der Waals surface area contributed by atoms with Crippen molar-refractivity contribution < 1.29 is 4.74 Å². The number of halogens is 2. The summed E-state index contributed by atoms with van der Waals surface area (Å²) in [5.41, 5.74) is 5.75. The predicted molar refractivity (Wildman–Crippen MR) is 71.8 cm³/mol. The van der Waals surface area contributed by atoms with Crippen molar-refractivity contribution in [3.63, 3.8) is 0 Å². The number of ether oxygens (including phenoxy) is 1. The maximum absolute atomic E-state index is 6.13. The van der Waals surface area contributed by atoms with E-state index in [0.717, 1.165) is 6.42 Å². The molecule has 96 valence electrons. The van der Waals surface area contributed by atoms with E-state index < -0.39 is 0 Å². The molecule has 1 rings (SSSR count). The van der Waals surface area contributed by atoms with E-state index >= 15 is 0 Å². The molecule has 0 bridgehead atoms. The summed E-state index contributed by atoms with van der Waals surface area (Å²) in [6.07, 6.45) is 2.39. The van der Waals surface area contributed by atoms with E-state index in [9.17, 15) is 0 Å². The molecule has 1 aromatic heterocycles. The minimum atomic E-state index is -0.378. The van der Waals surface area contributed by atoms with Gasteiger partial charge in [-0.3, -0.25) is 0 Å². The number of nitrogens with two attached hydrogens (primary N) is 1. The molecule has 2 N–H and O–H groups in total. The highest BCUT2D eigenvalue weighted by Crippen LogP contribution is 2.26. The lowest BCUT2D eigenvalue weighted by Crippen LogP contribution is -2.43. The molecule has 0 fully saturated rings. The molecule has 0 saturated carbocycles. The summed E-state index contributed by atoms with van der Waals surface area (Å²) in [5.74, 6) is 1.03. The zero-order valence-corrected chi connectivity index (χ0v) is 11.8. The second-order valence-corrected chi connectivity index (χ2v) is 5.77. The fourth-order valence-electron chi connectivity index (χ4n) is 1.74. The third-order valence-electron chi connectivity index (χ3n) is 2.22. The van der Waals surface area contributed by atoms with Crippen LogP contribution in [0.15, 0.2) is 12.3 Å². The van der Waals surface area contributed by atoms with Gasteiger partial charge in [-0.05, 0) is 25.3 Å². The van der Waals surface area contributed by atoms with Gasteiger partial charge in [0.25, 0.3) is 0 Å². The van der Waals surface area contributed by atoms with Gasteiger partial charge in [0.1, 0.15) is 11.8 Å². The summed E-state index contributed by atoms with van der Waals surface area (Å²) in [6.45, 7) is 6.61. The molecule has 0 saturated heterocycles. The van der Waals surface area contributed by atoms with Crippen LogP contribution in [0.3, 0.4) is 0 Å². The van der Waals surface area contributed by atoms with Crippen LogP contribution >= 0.6 is 23.2 Å². The predicted octanol–water partition coefficient (Wildman–Crippen LogP) is 3.53. The third kappa shape index (κ3) is 5.11. The second-order valence-electron chi connectivity index (χ2n) is 4.98. The van der Waals surface area contributed by atoms with Crippen molar-refractivity contribution in [2.75, 3.05) is 6.61 Å². The number of hydrogen-bond donors (Lipinski definition) is 1. The first-order chi connectivity index (χ1) is 7.80. The van der Waals surface area contributed by atoms with Crippen molar-refractivity contribution in [1.29, 1.82) is 0 Å².